The number of benzene rings is 1. The summed E-state index contributed by atoms with van der Waals surface area (Å²) in [7, 11) is 0. The van der Waals surface area contributed by atoms with Crippen LogP contribution in [0.15, 0.2) is 24.3 Å². The smallest absolute Gasteiger partial charge is 0.238 e. The lowest BCUT2D eigenvalue weighted by molar-refractivity contribution is -0.117. The van der Waals surface area contributed by atoms with Crippen molar-refractivity contribution in [2.75, 3.05) is 25.0 Å². The maximum atomic E-state index is 13.5. The number of amides is 1. The Hall–Kier alpha value is -1.46. The standard InChI is InChI=1S/C15H22FN3O/c16-13-7-3-4-8-14(13)18-15(20)11-19(10-9-17)12-5-1-2-6-12/h3-4,7-8,12H,1-2,5-6,9-11,17H2,(H,18,20). The second kappa shape index (κ2) is 7.36. The zero-order chi connectivity index (χ0) is 14.4. The summed E-state index contributed by atoms with van der Waals surface area (Å²) < 4.78 is 13.5. The first kappa shape index (κ1) is 14.9. The summed E-state index contributed by atoms with van der Waals surface area (Å²) in [5.74, 6) is -0.595. The molecular formula is C15H22FN3O. The summed E-state index contributed by atoms with van der Waals surface area (Å²) >= 11 is 0. The van der Waals surface area contributed by atoms with E-state index in [9.17, 15) is 9.18 Å². The largest absolute Gasteiger partial charge is 0.329 e. The van der Waals surface area contributed by atoms with E-state index < -0.39 is 5.82 Å². The third-order valence-electron chi connectivity index (χ3n) is 3.75. The van der Waals surface area contributed by atoms with E-state index in [-0.39, 0.29) is 18.1 Å². The molecule has 1 amide bonds. The molecule has 1 aromatic carbocycles. The lowest BCUT2D eigenvalue weighted by Gasteiger charge is -2.27. The lowest BCUT2D eigenvalue weighted by Crippen LogP contribution is -2.42. The fourth-order valence-corrected chi connectivity index (χ4v) is 2.76. The van der Waals surface area contributed by atoms with Gasteiger partial charge in [0.05, 0.1) is 12.2 Å². The molecule has 3 N–H and O–H groups in total. The first-order chi connectivity index (χ1) is 9.70. The molecule has 2 rings (SSSR count). The molecule has 0 heterocycles. The summed E-state index contributed by atoms with van der Waals surface area (Å²) in [5.41, 5.74) is 5.85. The van der Waals surface area contributed by atoms with Gasteiger partial charge in [-0.25, -0.2) is 4.39 Å². The minimum atomic E-state index is -0.410. The van der Waals surface area contributed by atoms with Crippen molar-refractivity contribution in [3.8, 4) is 0 Å². The van der Waals surface area contributed by atoms with Gasteiger partial charge in [0.25, 0.3) is 0 Å². The quantitative estimate of drug-likeness (QED) is 0.837. The molecule has 1 aromatic rings. The summed E-state index contributed by atoms with van der Waals surface area (Å²) in [4.78, 5) is 14.2. The number of halogens is 1. The number of rotatable bonds is 6. The predicted octanol–water partition coefficient (Wildman–Crippen LogP) is 1.97. The summed E-state index contributed by atoms with van der Waals surface area (Å²) in [6.07, 6.45) is 4.65. The fourth-order valence-electron chi connectivity index (χ4n) is 2.76. The van der Waals surface area contributed by atoms with Gasteiger partial charge in [0.15, 0.2) is 0 Å². The second-order valence-electron chi connectivity index (χ2n) is 5.23. The van der Waals surface area contributed by atoms with Crippen LogP contribution in [0.3, 0.4) is 0 Å². The van der Waals surface area contributed by atoms with E-state index in [2.05, 4.69) is 10.2 Å². The molecule has 0 atom stereocenters. The molecule has 1 aliphatic carbocycles. The molecular weight excluding hydrogens is 257 g/mol. The van der Waals surface area contributed by atoms with Crippen LogP contribution in [0.25, 0.3) is 0 Å². The zero-order valence-corrected chi connectivity index (χ0v) is 11.6. The van der Waals surface area contributed by atoms with Crippen molar-refractivity contribution >= 4 is 11.6 Å². The van der Waals surface area contributed by atoms with E-state index in [4.69, 9.17) is 5.73 Å². The van der Waals surface area contributed by atoms with Gasteiger partial charge in [-0.3, -0.25) is 9.69 Å². The molecule has 1 aliphatic rings. The van der Waals surface area contributed by atoms with Crippen LogP contribution in [0.1, 0.15) is 25.7 Å². The minimum absolute atomic E-state index is 0.185. The average molecular weight is 279 g/mol. The molecule has 1 fully saturated rings. The van der Waals surface area contributed by atoms with Crippen LogP contribution >= 0.6 is 0 Å². The topological polar surface area (TPSA) is 58.4 Å². The van der Waals surface area contributed by atoms with Crippen molar-refractivity contribution in [2.45, 2.75) is 31.7 Å². The van der Waals surface area contributed by atoms with Crippen LogP contribution in [0.5, 0.6) is 0 Å². The van der Waals surface area contributed by atoms with Crippen LogP contribution in [-0.2, 0) is 4.79 Å². The van der Waals surface area contributed by atoms with E-state index in [0.717, 1.165) is 12.8 Å². The van der Waals surface area contributed by atoms with Crippen molar-refractivity contribution in [3.63, 3.8) is 0 Å². The Morgan fingerprint density at radius 2 is 2.05 bits per heavy atom. The highest BCUT2D eigenvalue weighted by molar-refractivity contribution is 5.92. The summed E-state index contributed by atoms with van der Waals surface area (Å²) in [6.45, 7) is 1.51. The molecule has 0 aliphatic heterocycles. The van der Waals surface area contributed by atoms with Gasteiger partial charge in [0.2, 0.25) is 5.91 Å². The molecule has 0 bridgehead atoms. The van der Waals surface area contributed by atoms with E-state index in [1.165, 1.54) is 18.9 Å². The average Bonchev–Trinajstić information content (AvgIpc) is 2.95. The summed E-state index contributed by atoms with van der Waals surface area (Å²) in [6, 6.07) is 6.64. The number of para-hydroxylation sites is 1. The number of carbonyl (C=O) groups is 1. The van der Waals surface area contributed by atoms with Gasteiger partial charge in [-0.1, -0.05) is 25.0 Å². The monoisotopic (exact) mass is 279 g/mol. The van der Waals surface area contributed by atoms with Gasteiger partial charge >= 0.3 is 0 Å². The Balaban J connectivity index is 1.92. The van der Waals surface area contributed by atoms with Crippen LogP contribution < -0.4 is 11.1 Å². The predicted molar refractivity (Wildman–Crippen MR) is 77.9 cm³/mol. The first-order valence-corrected chi connectivity index (χ1v) is 7.19. The molecule has 4 nitrogen and oxygen atoms in total. The molecule has 0 saturated heterocycles. The van der Waals surface area contributed by atoms with Gasteiger partial charge in [-0.15, -0.1) is 0 Å². The second-order valence-corrected chi connectivity index (χ2v) is 5.23. The van der Waals surface area contributed by atoms with Crippen LogP contribution in [-0.4, -0.2) is 36.5 Å². The maximum absolute atomic E-state index is 13.5. The molecule has 110 valence electrons. The van der Waals surface area contributed by atoms with Crippen LogP contribution in [0, 0.1) is 5.82 Å². The number of carbonyl (C=O) groups excluding carboxylic acids is 1. The highest BCUT2D eigenvalue weighted by Crippen LogP contribution is 2.23. The Kier molecular flexibility index (Phi) is 5.49. The normalized spacial score (nSPS) is 15.8. The van der Waals surface area contributed by atoms with Crippen LogP contribution in [0.2, 0.25) is 0 Å². The molecule has 20 heavy (non-hydrogen) atoms. The highest BCUT2D eigenvalue weighted by atomic mass is 19.1. The van der Waals surface area contributed by atoms with E-state index in [0.29, 0.717) is 19.1 Å². The number of nitrogens with zero attached hydrogens (tertiary/aromatic N) is 1. The van der Waals surface area contributed by atoms with Gasteiger partial charge < -0.3 is 11.1 Å². The molecule has 1 saturated carbocycles. The zero-order valence-electron chi connectivity index (χ0n) is 11.6. The number of nitrogens with two attached hydrogens (primary N) is 1. The van der Waals surface area contributed by atoms with E-state index in [1.54, 1.807) is 18.2 Å². The van der Waals surface area contributed by atoms with Crippen molar-refractivity contribution in [3.05, 3.63) is 30.1 Å². The number of nitrogens with one attached hydrogen (secondary N) is 1. The molecule has 5 heteroatoms. The van der Waals surface area contributed by atoms with E-state index >= 15 is 0 Å². The number of hydrogen-bond donors (Lipinski definition) is 2. The molecule has 0 aromatic heterocycles. The summed E-state index contributed by atoms with van der Waals surface area (Å²) in [5, 5.41) is 2.63. The van der Waals surface area contributed by atoms with Crippen molar-refractivity contribution in [1.82, 2.24) is 4.90 Å². The van der Waals surface area contributed by atoms with Crippen molar-refractivity contribution < 1.29 is 9.18 Å². The maximum Gasteiger partial charge on any atom is 0.238 e. The Morgan fingerprint density at radius 3 is 2.70 bits per heavy atom. The first-order valence-electron chi connectivity index (χ1n) is 7.19. The highest BCUT2D eigenvalue weighted by Gasteiger charge is 2.23. The third-order valence-corrected chi connectivity index (χ3v) is 3.75. The molecule has 0 unspecified atom stereocenters. The Labute approximate surface area is 119 Å². The fraction of sp³-hybridized carbons (Fsp3) is 0.533. The van der Waals surface area contributed by atoms with Gasteiger partial charge in [-0.2, -0.15) is 0 Å². The van der Waals surface area contributed by atoms with Crippen molar-refractivity contribution in [2.24, 2.45) is 5.73 Å². The van der Waals surface area contributed by atoms with Gasteiger partial charge in [0.1, 0.15) is 5.82 Å². The number of hydrogen-bond acceptors (Lipinski definition) is 3. The molecule has 0 radical (unpaired) electrons. The minimum Gasteiger partial charge on any atom is -0.329 e. The lowest BCUT2D eigenvalue weighted by atomic mass is 10.2. The van der Waals surface area contributed by atoms with Crippen LogP contribution in [0.4, 0.5) is 10.1 Å². The van der Waals surface area contributed by atoms with Gasteiger partial charge in [-0.05, 0) is 25.0 Å². The van der Waals surface area contributed by atoms with Crippen molar-refractivity contribution in [1.29, 1.82) is 0 Å². The number of anilines is 1. The SMILES string of the molecule is NCCN(CC(=O)Nc1ccccc1F)C1CCCC1. The Morgan fingerprint density at radius 1 is 1.35 bits per heavy atom. The van der Waals surface area contributed by atoms with Gasteiger partial charge in [0, 0.05) is 19.1 Å². The Bertz CT molecular complexity index is 446. The van der Waals surface area contributed by atoms with E-state index in [1.807, 2.05) is 0 Å². The molecule has 0 spiro atoms. The third kappa shape index (κ3) is 4.02.